The van der Waals surface area contributed by atoms with Gasteiger partial charge in [0.1, 0.15) is 5.82 Å². The van der Waals surface area contributed by atoms with Crippen LogP contribution in [0.25, 0.3) is 0 Å². The van der Waals surface area contributed by atoms with Crippen LogP contribution in [0.3, 0.4) is 0 Å². The van der Waals surface area contributed by atoms with Crippen LogP contribution in [0.15, 0.2) is 12.4 Å². The molecule has 1 saturated carbocycles. The molecule has 0 unspecified atom stereocenters. The minimum Gasteiger partial charge on any atom is -0.395 e. The largest absolute Gasteiger partial charge is 0.395 e. The number of nitrogens with zero attached hydrogens (tertiary/aromatic N) is 4. The van der Waals surface area contributed by atoms with Gasteiger partial charge in [0, 0.05) is 50.9 Å². The van der Waals surface area contributed by atoms with Gasteiger partial charge in [-0.25, -0.2) is 4.98 Å². The minimum absolute atomic E-state index is 0.0603. The molecular weight excluding hydrogens is 332 g/mol. The van der Waals surface area contributed by atoms with Crippen molar-refractivity contribution >= 4 is 11.8 Å². The summed E-state index contributed by atoms with van der Waals surface area (Å²) in [6, 6.07) is 0. The van der Waals surface area contributed by atoms with Crippen molar-refractivity contribution in [2.75, 3.05) is 26.2 Å². The van der Waals surface area contributed by atoms with Gasteiger partial charge in [-0.05, 0) is 25.7 Å². The van der Waals surface area contributed by atoms with E-state index in [1.54, 1.807) is 11.1 Å². The molecule has 0 atom stereocenters. The molecule has 1 aromatic heterocycles. The van der Waals surface area contributed by atoms with Crippen LogP contribution >= 0.6 is 0 Å². The molecule has 0 bridgehead atoms. The first-order chi connectivity index (χ1) is 12.6. The maximum absolute atomic E-state index is 12.9. The van der Waals surface area contributed by atoms with E-state index in [9.17, 15) is 14.7 Å². The summed E-state index contributed by atoms with van der Waals surface area (Å²) in [4.78, 5) is 33.4. The molecule has 0 spiro atoms. The third-order valence-corrected chi connectivity index (χ3v) is 5.80. The monoisotopic (exact) mass is 362 g/mol. The summed E-state index contributed by atoms with van der Waals surface area (Å²) in [5.74, 6) is 1.29. The number of likely N-dealkylation sites (tertiary alicyclic amines) is 1. The van der Waals surface area contributed by atoms with Crippen molar-refractivity contribution in [2.24, 2.45) is 18.9 Å². The Morgan fingerprint density at radius 3 is 2.46 bits per heavy atom. The minimum atomic E-state index is -0.0746. The predicted octanol–water partition coefficient (Wildman–Crippen LogP) is 1.17. The van der Waals surface area contributed by atoms with Crippen LogP contribution in [0, 0.1) is 11.8 Å². The predicted molar refractivity (Wildman–Crippen MR) is 97.0 cm³/mol. The SMILES string of the molecule is Cn1ccnc1CN(CCO)C(=O)C1CCN(C(=O)C2CCCC2)CC1. The summed E-state index contributed by atoms with van der Waals surface area (Å²) < 4.78 is 1.89. The molecule has 7 nitrogen and oxygen atoms in total. The van der Waals surface area contributed by atoms with Crippen molar-refractivity contribution in [2.45, 2.75) is 45.1 Å². The molecule has 2 fully saturated rings. The van der Waals surface area contributed by atoms with Gasteiger partial charge in [0.2, 0.25) is 11.8 Å². The van der Waals surface area contributed by atoms with Crippen LogP contribution < -0.4 is 0 Å². The highest BCUT2D eigenvalue weighted by atomic mass is 16.3. The normalized spacial score (nSPS) is 19.1. The summed E-state index contributed by atoms with van der Waals surface area (Å²) in [5, 5.41) is 9.34. The van der Waals surface area contributed by atoms with Crippen molar-refractivity contribution in [3.8, 4) is 0 Å². The molecule has 0 radical (unpaired) electrons. The van der Waals surface area contributed by atoms with Gasteiger partial charge in [-0.1, -0.05) is 12.8 Å². The lowest BCUT2D eigenvalue weighted by Gasteiger charge is -2.35. The Balaban J connectivity index is 1.55. The van der Waals surface area contributed by atoms with Crippen LogP contribution in [0.1, 0.15) is 44.3 Å². The van der Waals surface area contributed by atoms with Crippen LogP contribution in [-0.2, 0) is 23.2 Å². The number of aliphatic hydroxyl groups is 1. The fourth-order valence-corrected chi connectivity index (χ4v) is 4.14. The highest BCUT2D eigenvalue weighted by Crippen LogP contribution is 2.29. The lowest BCUT2D eigenvalue weighted by atomic mass is 9.94. The third kappa shape index (κ3) is 4.26. The Morgan fingerprint density at radius 1 is 1.19 bits per heavy atom. The third-order valence-electron chi connectivity index (χ3n) is 5.80. The molecule has 144 valence electrons. The number of carbonyl (C=O) groups excluding carboxylic acids is 2. The smallest absolute Gasteiger partial charge is 0.226 e. The summed E-state index contributed by atoms with van der Waals surface area (Å²) in [5.41, 5.74) is 0. The summed E-state index contributed by atoms with van der Waals surface area (Å²) >= 11 is 0. The number of carbonyl (C=O) groups is 2. The molecular formula is C19H30N4O3. The Labute approximate surface area is 155 Å². The summed E-state index contributed by atoms with van der Waals surface area (Å²) in [6.07, 6.45) is 9.34. The second kappa shape index (κ2) is 8.66. The maximum atomic E-state index is 12.9. The lowest BCUT2D eigenvalue weighted by molar-refractivity contribution is -0.143. The Morgan fingerprint density at radius 2 is 1.88 bits per heavy atom. The number of hydrogen-bond acceptors (Lipinski definition) is 4. The standard InChI is InChI=1S/C19H30N4O3/c1-21-11-8-20-17(21)14-23(12-13-24)19(26)16-6-9-22(10-7-16)18(25)15-4-2-3-5-15/h8,11,15-16,24H,2-7,9-10,12-14H2,1H3. The Kier molecular flexibility index (Phi) is 6.29. The van der Waals surface area contributed by atoms with Gasteiger partial charge in [-0.3, -0.25) is 9.59 Å². The first-order valence-corrected chi connectivity index (χ1v) is 9.74. The average molecular weight is 362 g/mol. The van der Waals surface area contributed by atoms with E-state index in [1.165, 1.54) is 0 Å². The van der Waals surface area contributed by atoms with E-state index < -0.39 is 0 Å². The van der Waals surface area contributed by atoms with Gasteiger partial charge in [0.15, 0.2) is 0 Å². The number of piperidine rings is 1. The first kappa shape index (κ1) is 18.9. The molecule has 7 heteroatoms. The first-order valence-electron chi connectivity index (χ1n) is 9.74. The van der Waals surface area contributed by atoms with Crippen molar-refractivity contribution in [1.82, 2.24) is 19.4 Å². The van der Waals surface area contributed by atoms with E-state index in [0.717, 1.165) is 31.5 Å². The van der Waals surface area contributed by atoms with E-state index in [4.69, 9.17) is 0 Å². The van der Waals surface area contributed by atoms with Crippen molar-refractivity contribution < 1.29 is 14.7 Å². The number of imidazole rings is 1. The van der Waals surface area contributed by atoms with Crippen molar-refractivity contribution in [3.05, 3.63) is 18.2 Å². The zero-order valence-corrected chi connectivity index (χ0v) is 15.6. The second-order valence-electron chi connectivity index (χ2n) is 7.52. The molecule has 2 amide bonds. The van der Waals surface area contributed by atoms with Crippen molar-refractivity contribution in [3.63, 3.8) is 0 Å². The Hall–Kier alpha value is -1.89. The molecule has 26 heavy (non-hydrogen) atoms. The zero-order valence-electron chi connectivity index (χ0n) is 15.6. The van der Waals surface area contributed by atoms with Crippen LogP contribution in [0.5, 0.6) is 0 Å². The maximum Gasteiger partial charge on any atom is 0.226 e. The zero-order chi connectivity index (χ0) is 18.5. The molecule has 1 saturated heterocycles. The second-order valence-corrected chi connectivity index (χ2v) is 7.52. The summed E-state index contributed by atoms with van der Waals surface area (Å²) in [7, 11) is 1.90. The average Bonchev–Trinajstić information content (AvgIpc) is 3.33. The number of rotatable bonds is 6. The van der Waals surface area contributed by atoms with E-state index in [-0.39, 0.29) is 30.3 Å². The van der Waals surface area contributed by atoms with E-state index in [2.05, 4.69) is 4.98 Å². The molecule has 3 rings (SSSR count). The number of amides is 2. The lowest BCUT2D eigenvalue weighted by Crippen LogP contribution is -2.46. The highest BCUT2D eigenvalue weighted by Gasteiger charge is 2.33. The summed E-state index contributed by atoms with van der Waals surface area (Å²) in [6.45, 7) is 1.99. The molecule has 2 aliphatic rings. The fraction of sp³-hybridized carbons (Fsp3) is 0.737. The molecule has 2 heterocycles. The quantitative estimate of drug-likeness (QED) is 0.824. The highest BCUT2D eigenvalue weighted by molar-refractivity contribution is 5.81. The van der Waals surface area contributed by atoms with Gasteiger partial charge in [-0.15, -0.1) is 0 Å². The number of aromatic nitrogens is 2. The number of aliphatic hydroxyl groups excluding tert-OH is 1. The fourth-order valence-electron chi connectivity index (χ4n) is 4.14. The Bertz CT molecular complexity index is 616. The molecule has 1 aliphatic heterocycles. The van der Waals surface area contributed by atoms with E-state index >= 15 is 0 Å². The number of aryl methyl sites for hydroxylation is 1. The van der Waals surface area contributed by atoms with E-state index in [1.807, 2.05) is 22.7 Å². The van der Waals surface area contributed by atoms with Crippen LogP contribution in [-0.4, -0.2) is 62.5 Å². The van der Waals surface area contributed by atoms with Gasteiger partial charge in [-0.2, -0.15) is 0 Å². The number of hydrogen-bond donors (Lipinski definition) is 1. The van der Waals surface area contributed by atoms with Crippen molar-refractivity contribution in [1.29, 1.82) is 0 Å². The van der Waals surface area contributed by atoms with Crippen LogP contribution in [0.2, 0.25) is 0 Å². The molecule has 0 aromatic carbocycles. The molecule has 1 aliphatic carbocycles. The molecule has 1 aromatic rings. The van der Waals surface area contributed by atoms with E-state index in [0.29, 0.717) is 39.0 Å². The van der Waals surface area contributed by atoms with Gasteiger partial charge in [0.25, 0.3) is 0 Å². The molecule has 1 N–H and O–H groups in total. The topological polar surface area (TPSA) is 78.7 Å². The van der Waals surface area contributed by atoms with Gasteiger partial charge in [0.05, 0.1) is 13.2 Å². The van der Waals surface area contributed by atoms with Gasteiger partial charge < -0.3 is 19.5 Å². The van der Waals surface area contributed by atoms with Crippen LogP contribution in [0.4, 0.5) is 0 Å². The van der Waals surface area contributed by atoms with Gasteiger partial charge >= 0.3 is 0 Å².